The van der Waals surface area contributed by atoms with E-state index in [2.05, 4.69) is 35.6 Å². The van der Waals surface area contributed by atoms with Crippen LogP contribution in [0.1, 0.15) is 39.2 Å². The van der Waals surface area contributed by atoms with Crippen LogP contribution in [0.5, 0.6) is 0 Å². The van der Waals surface area contributed by atoms with E-state index in [0.717, 1.165) is 24.2 Å². The summed E-state index contributed by atoms with van der Waals surface area (Å²) in [6.07, 6.45) is 4.24. The molecule has 0 radical (unpaired) electrons. The number of amides is 2. The lowest BCUT2D eigenvalue weighted by Crippen LogP contribution is -2.22. The van der Waals surface area contributed by atoms with Crippen molar-refractivity contribution in [2.75, 3.05) is 15.6 Å². The van der Waals surface area contributed by atoms with Crippen LogP contribution in [0.15, 0.2) is 65.4 Å². The van der Waals surface area contributed by atoms with E-state index in [-0.39, 0.29) is 11.8 Å². The second-order valence-electron chi connectivity index (χ2n) is 6.86. The van der Waals surface area contributed by atoms with E-state index in [1.54, 1.807) is 30.5 Å². The first-order chi connectivity index (χ1) is 14.0. The quantitative estimate of drug-likeness (QED) is 0.673. The van der Waals surface area contributed by atoms with Gasteiger partial charge >= 0.3 is 0 Å². The third kappa shape index (κ3) is 4.71. The first kappa shape index (κ1) is 20.3. The number of aryl methyl sites for hydroxylation is 1. The second-order valence-corrected chi connectivity index (χ2v) is 6.86. The van der Waals surface area contributed by atoms with Gasteiger partial charge in [0.2, 0.25) is 5.91 Å². The molecule has 29 heavy (non-hydrogen) atoms. The molecule has 0 bridgehead atoms. The number of carbonyl (C=O) groups excluding carboxylic acids is 2. The summed E-state index contributed by atoms with van der Waals surface area (Å²) in [5.41, 5.74) is 4.72. The molecule has 2 amide bonds. The molecule has 0 spiro atoms. The van der Waals surface area contributed by atoms with Crippen molar-refractivity contribution >= 4 is 34.6 Å². The summed E-state index contributed by atoms with van der Waals surface area (Å²) in [7, 11) is 0. The van der Waals surface area contributed by atoms with Crippen LogP contribution in [0.4, 0.5) is 17.1 Å². The highest BCUT2D eigenvalue weighted by molar-refractivity contribution is 6.30. The molecular weight excluding hydrogens is 364 g/mol. The number of benzene rings is 2. The Hall–Kier alpha value is -3.41. The first-order valence-electron chi connectivity index (χ1n) is 9.88. The van der Waals surface area contributed by atoms with Crippen molar-refractivity contribution in [1.29, 1.82) is 0 Å². The fourth-order valence-electron chi connectivity index (χ4n) is 3.24. The smallest absolute Gasteiger partial charge is 0.282 e. The molecule has 1 aliphatic rings. The SMILES string of the molecule is CCCC1=NN(c2cccc(NC(C)=O)c2)C(=O)C1=CNc1ccccc1CC. The summed E-state index contributed by atoms with van der Waals surface area (Å²) >= 11 is 0. The Morgan fingerprint density at radius 2 is 1.93 bits per heavy atom. The van der Waals surface area contributed by atoms with E-state index < -0.39 is 0 Å². The molecular formula is C23H26N4O2. The lowest BCUT2D eigenvalue weighted by molar-refractivity contribution is -0.115. The largest absolute Gasteiger partial charge is 0.361 e. The molecule has 0 saturated heterocycles. The Kier molecular flexibility index (Phi) is 6.44. The second kappa shape index (κ2) is 9.19. The van der Waals surface area contributed by atoms with Gasteiger partial charge in [0.05, 0.1) is 17.0 Å². The number of nitrogens with one attached hydrogen (secondary N) is 2. The number of nitrogens with zero attached hydrogens (tertiary/aromatic N) is 2. The number of hydrogen-bond donors (Lipinski definition) is 2. The lowest BCUT2D eigenvalue weighted by atomic mass is 10.1. The van der Waals surface area contributed by atoms with Gasteiger partial charge in [-0.25, -0.2) is 0 Å². The van der Waals surface area contributed by atoms with E-state index >= 15 is 0 Å². The van der Waals surface area contributed by atoms with E-state index in [9.17, 15) is 9.59 Å². The maximum Gasteiger partial charge on any atom is 0.282 e. The van der Waals surface area contributed by atoms with Crippen molar-refractivity contribution in [2.45, 2.75) is 40.0 Å². The van der Waals surface area contributed by atoms with Crippen molar-refractivity contribution in [3.8, 4) is 0 Å². The van der Waals surface area contributed by atoms with Crippen molar-refractivity contribution < 1.29 is 9.59 Å². The van der Waals surface area contributed by atoms with Crippen LogP contribution < -0.4 is 15.6 Å². The Labute approximate surface area is 171 Å². The van der Waals surface area contributed by atoms with Crippen molar-refractivity contribution in [3.63, 3.8) is 0 Å². The molecule has 2 aromatic rings. The van der Waals surface area contributed by atoms with Gasteiger partial charge in [0, 0.05) is 24.5 Å². The van der Waals surface area contributed by atoms with Crippen LogP contribution in [0, 0.1) is 0 Å². The molecule has 0 unspecified atom stereocenters. The van der Waals surface area contributed by atoms with Crippen LogP contribution in [0.25, 0.3) is 0 Å². The zero-order chi connectivity index (χ0) is 20.8. The molecule has 0 fully saturated rings. The van der Waals surface area contributed by atoms with Gasteiger partial charge in [-0.3, -0.25) is 9.59 Å². The predicted octanol–water partition coefficient (Wildman–Crippen LogP) is 4.71. The average Bonchev–Trinajstić information content (AvgIpc) is 3.02. The highest BCUT2D eigenvalue weighted by Crippen LogP contribution is 2.28. The minimum atomic E-state index is -0.185. The van der Waals surface area contributed by atoms with Crippen molar-refractivity contribution in [1.82, 2.24) is 0 Å². The monoisotopic (exact) mass is 390 g/mol. The molecule has 2 N–H and O–H groups in total. The number of carbonyl (C=O) groups is 2. The highest BCUT2D eigenvalue weighted by atomic mass is 16.2. The highest BCUT2D eigenvalue weighted by Gasteiger charge is 2.30. The molecule has 150 valence electrons. The molecule has 6 nitrogen and oxygen atoms in total. The summed E-state index contributed by atoms with van der Waals surface area (Å²) in [4.78, 5) is 24.5. The van der Waals surface area contributed by atoms with Crippen LogP contribution in [-0.2, 0) is 16.0 Å². The van der Waals surface area contributed by atoms with Crippen molar-refractivity contribution in [2.24, 2.45) is 5.10 Å². The molecule has 1 heterocycles. The van der Waals surface area contributed by atoms with E-state index in [1.807, 2.05) is 18.2 Å². The first-order valence-corrected chi connectivity index (χ1v) is 9.88. The third-order valence-corrected chi connectivity index (χ3v) is 4.62. The fourth-order valence-corrected chi connectivity index (χ4v) is 3.24. The minimum absolute atomic E-state index is 0.163. The standard InChI is InChI=1S/C23H26N4O2/c1-4-9-22-20(15-24-21-13-7-6-10-17(21)5-2)23(29)27(26-22)19-12-8-11-18(14-19)25-16(3)28/h6-8,10-15,24H,4-5,9H2,1-3H3,(H,25,28). The molecule has 0 aromatic heterocycles. The van der Waals surface area contributed by atoms with Gasteiger partial charge in [0.1, 0.15) is 0 Å². The maximum absolute atomic E-state index is 13.1. The molecule has 0 atom stereocenters. The zero-order valence-corrected chi connectivity index (χ0v) is 17.0. The molecule has 3 rings (SSSR count). The van der Waals surface area contributed by atoms with Gasteiger partial charge in [-0.05, 0) is 42.7 Å². The lowest BCUT2D eigenvalue weighted by Gasteiger charge is -2.13. The topological polar surface area (TPSA) is 73.8 Å². The Bertz CT molecular complexity index is 978. The summed E-state index contributed by atoms with van der Waals surface area (Å²) in [6, 6.07) is 15.2. The summed E-state index contributed by atoms with van der Waals surface area (Å²) in [5.74, 6) is -0.348. The van der Waals surface area contributed by atoms with Gasteiger partial charge < -0.3 is 10.6 Å². The Morgan fingerprint density at radius 1 is 1.14 bits per heavy atom. The van der Waals surface area contributed by atoms with Gasteiger partial charge in [-0.15, -0.1) is 0 Å². The number of rotatable bonds is 7. The normalized spacial score (nSPS) is 14.9. The predicted molar refractivity (Wildman–Crippen MR) is 118 cm³/mol. The number of anilines is 3. The van der Waals surface area contributed by atoms with Crippen LogP contribution in [0.2, 0.25) is 0 Å². The summed E-state index contributed by atoms with van der Waals surface area (Å²) in [6.45, 7) is 5.61. The minimum Gasteiger partial charge on any atom is -0.361 e. The Morgan fingerprint density at radius 3 is 2.66 bits per heavy atom. The van der Waals surface area contributed by atoms with Gasteiger partial charge in [0.25, 0.3) is 5.91 Å². The molecule has 2 aromatic carbocycles. The summed E-state index contributed by atoms with van der Waals surface area (Å²) in [5, 5.41) is 12.0. The average molecular weight is 390 g/mol. The molecule has 0 saturated carbocycles. The van der Waals surface area contributed by atoms with Gasteiger partial charge in [0.15, 0.2) is 0 Å². The van der Waals surface area contributed by atoms with Crippen molar-refractivity contribution in [3.05, 3.63) is 65.9 Å². The number of para-hydroxylation sites is 1. The zero-order valence-electron chi connectivity index (χ0n) is 17.0. The van der Waals surface area contributed by atoms with E-state index in [0.29, 0.717) is 23.4 Å². The third-order valence-electron chi connectivity index (χ3n) is 4.62. The number of hydrogen-bond acceptors (Lipinski definition) is 4. The number of hydrazone groups is 1. The molecule has 6 heteroatoms. The van der Waals surface area contributed by atoms with Crippen LogP contribution >= 0.6 is 0 Å². The van der Waals surface area contributed by atoms with Gasteiger partial charge in [-0.1, -0.05) is 44.5 Å². The van der Waals surface area contributed by atoms with Crippen LogP contribution in [-0.4, -0.2) is 17.5 Å². The molecule has 1 aliphatic heterocycles. The fraction of sp³-hybridized carbons (Fsp3) is 0.261. The Balaban J connectivity index is 1.89. The van der Waals surface area contributed by atoms with Gasteiger partial charge in [-0.2, -0.15) is 10.1 Å². The van der Waals surface area contributed by atoms with Crippen LogP contribution in [0.3, 0.4) is 0 Å². The maximum atomic E-state index is 13.1. The van der Waals surface area contributed by atoms with E-state index in [4.69, 9.17) is 0 Å². The molecule has 0 aliphatic carbocycles. The summed E-state index contributed by atoms with van der Waals surface area (Å²) < 4.78 is 0. The van der Waals surface area contributed by atoms with E-state index in [1.165, 1.54) is 17.5 Å².